The minimum Gasteiger partial charge on any atom is -0.447 e. The molecule has 0 aliphatic carbocycles. The van der Waals surface area contributed by atoms with Gasteiger partial charge in [0, 0.05) is 13.6 Å². The highest BCUT2D eigenvalue weighted by atomic mass is 16.6. The van der Waals surface area contributed by atoms with Gasteiger partial charge < -0.3 is 10.1 Å². The maximum absolute atomic E-state index is 11.9. The summed E-state index contributed by atoms with van der Waals surface area (Å²) in [5.41, 5.74) is 2.21. The number of carbonyl (C=O) groups is 2. The molecule has 0 aromatic heterocycles. The summed E-state index contributed by atoms with van der Waals surface area (Å²) < 4.78 is 4.79. The highest BCUT2D eigenvalue weighted by molar-refractivity contribution is 5.87. The van der Waals surface area contributed by atoms with E-state index in [0.717, 1.165) is 5.56 Å². The number of rotatable bonds is 3. The van der Waals surface area contributed by atoms with Gasteiger partial charge in [-0.2, -0.15) is 0 Å². The Morgan fingerprint density at radius 3 is 2.67 bits per heavy atom. The Labute approximate surface area is 106 Å². The van der Waals surface area contributed by atoms with E-state index < -0.39 is 12.1 Å². The molecular weight excluding hydrogens is 232 g/mol. The Balaban J connectivity index is 1.89. The Kier molecular flexibility index (Phi) is 3.50. The van der Waals surface area contributed by atoms with Crippen LogP contribution in [-0.4, -0.2) is 36.6 Å². The van der Waals surface area contributed by atoms with Gasteiger partial charge >= 0.3 is 6.09 Å². The zero-order valence-electron chi connectivity index (χ0n) is 10.5. The molecule has 2 amide bonds. The van der Waals surface area contributed by atoms with Gasteiger partial charge in [-0.25, -0.2) is 4.79 Å². The van der Waals surface area contributed by atoms with E-state index in [-0.39, 0.29) is 12.5 Å². The van der Waals surface area contributed by atoms with Crippen LogP contribution in [0, 0.1) is 6.92 Å². The predicted molar refractivity (Wildman–Crippen MR) is 65.9 cm³/mol. The molecule has 0 spiro atoms. The number of carbonyl (C=O) groups excluding carboxylic acids is 2. The monoisotopic (exact) mass is 248 g/mol. The van der Waals surface area contributed by atoms with Gasteiger partial charge in [0.1, 0.15) is 12.6 Å². The molecule has 1 aliphatic heterocycles. The number of hydrogen-bond acceptors (Lipinski definition) is 3. The van der Waals surface area contributed by atoms with Gasteiger partial charge in [0.25, 0.3) is 0 Å². The van der Waals surface area contributed by atoms with Crippen LogP contribution in [0.5, 0.6) is 0 Å². The Bertz CT molecular complexity index is 456. The van der Waals surface area contributed by atoms with Crippen LogP contribution in [0.3, 0.4) is 0 Å². The van der Waals surface area contributed by atoms with Crippen molar-refractivity contribution < 1.29 is 14.3 Å². The molecule has 0 saturated carbocycles. The first kappa shape index (κ1) is 12.4. The van der Waals surface area contributed by atoms with E-state index in [0.29, 0.717) is 6.54 Å². The fraction of sp³-hybridized carbons (Fsp3) is 0.385. The van der Waals surface area contributed by atoms with Crippen LogP contribution >= 0.6 is 0 Å². The summed E-state index contributed by atoms with van der Waals surface area (Å²) in [5, 5.41) is 2.80. The van der Waals surface area contributed by atoms with Crippen LogP contribution < -0.4 is 5.32 Å². The lowest BCUT2D eigenvalue weighted by Gasteiger charge is -2.15. The summed E-state index contributed by atoms with van der Waals surface area (Å²) in [4.78, 5) is 24.3. The number of likely N-dealkylation sites (N-methyl/N-ethyl adjacent to an activating group) is 1. The van der Waals surface area contributed by atoms with E-state index in [4.69, 9.17) is 4.74 Å². The third-order valence-corrected chi connectivity index (χ3v) is 3.01. The average Bonchev–Trinajstić information content (AvgIpc) is 2.69. The van der Waals surface area contributed by atoms with Crippen molar-refractivity contribution in [3.8, 4) is 0 Å². The van der Waals surface area contributed by atoms with Crippen molar-refractivity contribution in [1.82, 2.24) is 10.2 Å². The molecule has 1 N–H and O–H groups in total. The molecule has 1 atom stereocenters. The lowest BCUT2D eigenvalue weighted by molar-refractivity contribution is -0.124. The van der Waals surface area contributed by atoms with Crippen LogP contribution in [0.2, 0.25) is 0 Å². The van der Waals surface area contributed by atoms with Crippen LogP contribution in [0.1, 0.15) is 11.1 Å². The Hall–Kier alpha value is -2.04. The molecule has 18 heavy (non-hydrogen) atoms. The van der Waals surface area contributed by atoms with E-state index in [1.807, 2.05) is 31.2 Å². The van der Waals surface area contributed by atoms with E-state index in [1.54, 1.807) is 7.05 Å². The lowest BCUT2D eigenvalue weighted by Crippen LogP contribution is -2.43. The molecule has 1 aromatic rings. The number of hydrogen-bond donors (Lipinski definition) is 1. The fourth-order valence-corrected chi connectivity index (χ4v) is 1.76. The standard InChI is InChI=1S/C13H16N2O3/c1-9-3-5-10(6-4-9)7-14-12(16)11-8-18-13(17)15(11)2/h3-6,11H,7-8H2,1-2H3,(H,14,16). The number of nitrogens with one attached hydrogen (secondary N) is 1. The van der Waals surface area contributed by atoms with Crippen molar-refractivity contribution >= 4 is 12.0 Å². The first-order valence-corrected chi connectivity index (χ1v) is 5.81. The molecule has 1 heterocycles. The second-order valence-electron chi connectivity index (χ2n) is 4.41. The summed E-state index contributed by atoms with van der Waals surface area (Å²) in [6.07, 6.45) is -0.453. The molecule has 1 aliphatic rings. The minimum absolute atomic E-state index is 0.120. The maximum atomic E-state index is 11.9. The molecule has 0 radical (unpaired) electrons. The molecule has 2 rings (SSSR count). The van der Waals surface area contributed by atoms with E-state index in [1.165, 1.54) is 10.5 Å². The summed E-state index contributed by atoms with van der Waals surface area (Å²) in [6, 6.07) is 7.40. The molecule has 0 bridgehead atoms. The first-order chi connectivity index (χ1) is 8.58. The van der Waals surface area contributed by atoms with Crippen LogP contribution in [-0.2, 0) is 16.1 Å². The van der Waals surface area contributed by atoms with Crippen LogP contribution in [0.15, 0.2) is 24.3 Å². The van der Waals surface area contributed by atoms with Gasteiger partial charge in [0.2, 0.25) is 5.91 Å². The molecule has 1 aromatic carbocycles. The Morgan fingerprint density at radius 1 is 1.44 bits per heavy atom. The second kappa shape index (κ2) is 5.08. The maximum Gasteiger partial charge on any atom is 0.410 e. The van der Waals surface area contributed by atoms with Gasteiger partial charge in [-0.15, -0.1) is 0 Å². The van der Waals surface area contributed by atoms with Gasteiger partial charge in [-0.3, -0.25) is 9.69 Å². The number of aryl methyl sites for hydroxylation is 1. The summed E-state index contributed by atoms with van der Waals surface area (Å²) in [7, 11) is 1.56. The number of cyclic esters (lactones) is 1. The van der Waals surface area contributed by atoms with Crippen molar-refractivity contribution in [3.63, 3.8) is 0 Å². The van der Waals surface area contributed by atoms with Crippen molar-refractivity contribution in [2.24, 2.45) is 0 Å². The smallest absolute Gasteiger partial charge is 0.410 e. The average molecular weight is 248 g/mol. The normalized spacial score (nSPS) is 18.7. The molecule has 5 nitrogen and oxygen atoms in total. The number of nitrogens with zero attached hydrogens (tertiary/aromatic N) is 1. The largest absolute Gasteiger partial charge is 0.447 e. The van der Waals surface area contributed by atoms with E-state index in [9.17, 15) is 9.59 Å². The van der Waals surface area contributed by atoms with Crippen molar-refractivity contribution in [3.05, 3.63) is 35.4 Å². The highest BCUT2D eigenvalue weighted by Gasteiger charge is 2.34. The third-order valence-electron chi connectivity index (χ3n) is 3.01. The minimum atomic E-state index is -0.525. The number of amides is 2. The van der Waals surface area contributed by atoms with Gasteiger partial charge in [-0.1, -0.05) is 29.8 Å². The summed E-state index contributed by atoms with van der Waals surface area (Å²) >= 11 is 0. The SMILES string of the molecule is Cc1ccc(CNC(=O)C2COC(=O)N2C)cc1. The van der Waals surface area contributed by atoms with Gasteiger partial charge in [-0.05, 0) is 12.5 Å². The van der Waals surface area contributed by atoms with Crippen LogP contribution in [0.25, 0.3) is 0 Å². The third kappa shape index (κ3) is 2.61. The number of benzene rings is 1. The topological polar surface area (TPSA) is 58.6 Å². The molecule has 1 fully saturated rings. The van der Waals surface area contributed by atoms with E-state index >= 15 is 0 Å². The summed E-state index contributed by atoms with van der Waals surface area (Å²) in [5.74, 6) is -0.191. The van der Waals surface area contributed by atoms with Gasteiger partial charge in [0.05, 0.1) is 0 Å². The van der Waals surface area contributed by atoms with Crippen molar-refractivity contribution in [1.29, 1.82) is 0 Å². The zero-order valence-corrected chi connectivity index (χ0v) is 10.5. The van der Waals surface area contributed by atoms with Crippen molar-refractivity contribution in [2.45, 2.75) is 19.5 Å². The molecular formula is C13H16N2O3. The Morgan fingerprint density at radius 2 is 2.11 bits per heavy atom. The quantitative estimate of drug-likeness (QED) is 0.870. The van der Waals surface area contributed by atoms with E-state index in [2.05, 4.69) is 5.32 Å². The van der Waals surface area contributed by atoms with Gasteiger partial charge in [0.15, 0.2) is 0 Å². The zero-order chi connectivity index (χ0) is 13.1. The fourth-order valence-electron chi connectivity index (χ4n) is 1.76. The first-order valence-electron chi connectivity index (χ1n) is 5.81. The molecule has 1 saturated heterocycles. The second-order valence-corrected chi connectivity index (χ2v) is 4.41. The van der Waals surface area contributed by atoms with Crippen molar-refractivity contribution in [2.75, 3.05) is 13.7 Å². The predicted octanol–water partition coefficient (Wildman–Crippen LogP) is 1.06. The molecule has 1 unspecified atom stereocenters. The molecule has 5 heteroatoms. The lowest BCUT2D eigenvalue weighted by atomic mass is 10.1. The summed E-state index contributed by atoms with van der Waals surface area (Å²) in [6.45, 7) is 2.59. The highest BCUT2D eigenvalue weighted by Crippen LogP contribution is 2.10. The molecule has 96 valence electrons. The van der Waals surface area contributed by atoms with Crippen LogP contribution in [0.4, 0.5) is 4.79 Å². The number of ether oxygens (including phenoxy) is 1.